The molecule has 6 heteroatoms. The number of carbonyl (C=O) groups excluding carboxylic acids is 2. The maximum Gasteiger partial charge on any atom is 0.255 e. The van der Waals surface area contributed by atoms with Gasteiger partial charge in [-0.3, -0.25) is 9.59 Å². The Kier molecular flexibility index (Phi) is 4.76. The highest BCUT2D eigenvalue weighted by Gasteiger charge is 2.25. The lowest BCUT2D eigenvalue weighted by molar-refractivity contribution is -0.129. The summed E-state index contributed by atoms with van der Waals surface area (Å²) in [4.78, 5) is 29.9. The Morgan fingerprint density at radius 1 is 0.957 bits per heavy atom. The Balaban J connectivity index is 1.77. The summed E-state index contributed by atoms with van der Waals surface area (Å²) < 4.78 is 0. The van der Waals surface area contributed by atoms with Gasteiger partial charge >= 0.3 is 0 Å². The number of nitrogens with zero attached hydrogens (tertiary/aromatic N) is 3. The van der Waals surface area contributed by atoms with Gasteiger partial charge in [0.1, 0.15) is 0 Å². The maximum atomic E-state index is 12.6. The van der Waals surface area contributed by atoms with Crippen molar-refractivity contribution in [2.75, 3.05) is 44.2 Å². The van der Waals surface area contributed by atoms with Crippen LogP contribution in [0.4, 0.5) is 5.69 Å². The van der Waals surface area contributed by atoms with Crippen LogP contribution in [0.2, 0.25) is 5.02 Å². The van der Waals surface area contributed by atoms with Crippen molar-refractivity contribution in [3.05, 3.63) is 28.8 Å². The molecule has 1 aromatic carbocycles. The lowest BCUT2D eigenvalue weighted by Gasteiger charge is -2.36. The smallest absolute Gasteiger partial charge is 0.255 e. The van der Waals surface area contributed by atoms with E-state index in [9.17, 15) is 9.59 Å². The van der Waals surface area contributed by atoms with Crippen LogP contribution in [0.15, 0.2) is 18.2 Å². The summed E-state index contributed by atoms with van der Waals surface area (Å²) in [6.07, 6.45) is 2.13. The molecule has 23 heavy (non-hydrogen) atoms. The SMILES string of the molecule is CC(=O)N1CCN(c2cccc(C(=O)N3CCCC3)c2Cl)CC1. The van der Waals surface area contributed by atoms with Crippen molar-refractivity contribution in [2.45, 2.75) is 19.8 Å². The van der Waals surface area contributed by atoms with Crippen molar-refractivity contribution in [3.8, 4) is 0 Å². The van der Waals surface area contributed by atoms with Crippen molar-refractivity contribution < 1.29 is 9.59 Å². The van der Waals surface area contributed by atoms with Gasteiger partial charge in [-0.2, -0.15) is 0 Å². The number of amides is 2. The Morgan fingerprint density at radius 3 is 2.22 bits per heavy atom. The Bertz CT molecular complexity index is 606. The van der Waals surface area contributed by atoms with Crippen LogP contribution in [0.3, 0.4) is 0 Å². The minimum absolute atomic E-state index is 0.0247. The predicted octanol–water partition coefficient (Wildman–Crippen LogP) is 2.24. The molecule has 0 radical (unpaired) electrons. The minimum Gasteiger partial charge on any atom is -0.367 e. The van der Waals surface area contributed by atoms with E-state index >= 15 is 0 Å². The Morgan fingerprint density at radius 2 is 1.61 bits per heavy atom. The van der Waals surface area contributed by atoms with Crippen LogP contribution in [0.1, 0.15) is 30.1 Å². The maximum absolute atomic E-state index is 12.6. The van der Waals surface area contributed by atoms with Crippen LogP contribution in [0.5, 0.6) is 0 Å². The first-order chi connectivity index (χ1) is 11.1. The summed E-state index contributed by atoms with van der Waals surface area (Å²) in [5.41, 5.74) is 1.47. The lowest BCUT2D eigenvalue weighted by Crippen LogP contribution is -2.48. The number of piperazine rings is 1. The number of carbonyl (C=O) groups is 2. The van der Waals surface area contributed by atoms with E-state index in [1.807, 2.05) is 21.9 Å². The molecule has 124 valence electrons. The second-order valence-electron chi connectivity index (χ2n) is 6.13. The molecule has 2 saturated heterocycles. The molecule has 0 bridgehead atoms. The predicted molar refractivity (Wildman–Crippen MR) is 91.1 cm³/mol. The molecule has 0 saturated carbocycles. The van der Waals surface area contributed by atoms with Crippen LogP contribution in [0.25, 0.3) is 0 Å². The number of likely N-dealkylation sites (tertiary alicyclic amines) is 1. The number of rotatable bonds is 2. The van der Waals surface area contributed by atoms with E-state index in [2.05, 4.69) is 4.90 Å². The fourth-order valence-corrected chi connectivity index (χ4v) is 3.61. The van der Waals surface area contributed by atoms with E-state index in [0.29, 0.717) is 23.7 Å². The second-order valence-corrected chi connectivity index (χ2v) is 6.51. The highest BCUT2D eigenvalue weighted by Crippen LogP contribution is 2.31. The van der Waals surface area contributed by atoms with Crippen LogP contribution in [-0.4, -0.2) is 60.9 Å². The van der Waals surface area contributed by atoms with Crippen molar-refractivity contribution >= 4 is 29.1 Å². The van der Waals surface area contributed by atoms with E-state index in [0.717, 1.165) is 44.7 Å². The molecule has 2 amide bonds. The van der Waals surface area contributed by atoms with E-state index in [1.165, 1.54) is 0 Å². The quantitative estimate of drug-likeness (QED) is 0.832. The summed E-state index contributed by atoms with van der Waals surface area (Å²) >= 11 is 6.54. The van der Waals surface area contributed by atoms with Crippen LogP contribution < -0.4 is 4.90 Å². The zero-order valence-corrected chi connectivity index (χ0v) is 14.2. The van der Waals surface area contributed by atoms with E-state index < -0.39 is 0 Å². The molecule has 1 aromatic rings. The largest absolute Gasteiger partial charge is 0.367 e. The number of hydrogen-bond donors (Lipinski definition) is 0. The molecule has 2 aliphatic rings. The van der Waals surface area contributed by atoms with Gasteiger partial charge in [0.25, 0.3) is 5.91 Å². The fraction of sp³-hybridized carbons (Fsp3) is 0.529. The molecule has 2 aliphatic heterocycles. The standard InChI is InChI=1S/C17H22ClN3O2/c1-13(22)19-9-11-20(12-10-19)15-6-4-5-14(16(15)18)17(23)21-7-2-3-8-21/h4-6H,2-3,7-12H2,1H3. The van der Waals surface area contributed by atoms with E-state index in [1.54, 1.807) is 13.0 Å². The molecule has 5 nitrogen and oxygen atoms in total. The number of benzene rings is 1. The highest BCUT2D eigenvalue weighted by molar-refractivity contribution is 6.36. The molecule has 0 spiro atoms. The Hall–Kier alpha value is -1.75. The van der Waals surface area contributed by atoms with Crippen LogP contribution >= 0.6 is 11.6 Å². The zero-order chi connectivity index (χ0) is 16.4. The first kappa shape index (κ1) is 16.1. The van der Waals surface area contributed by atoms with E-state index in [4.69, 9.17) is 11.6 Å². The number of hydrogen-bond acceptors (Lipinski definition) is 3. The van der Waals surface area contributed by atoms with Crippen molar-refractivity contribution in [1.82, 2.24) is 9.80 Å². The van der Waals surface area contributed by atoms with Gasteiger partial charge in [0.2, 0.25) is 5.91 Å². The molecule has 0 aromatic heterocycles. The molecular formula is C17H22ClN3O2. The Labute approximate surface area is 141 Å². The van der Waals surface area contributed by atoms with E-state index in [-0.39, 0.29) is 11.8 Å². The summed E-state index contributed by atoms with van der Waals surface area (Å²) in [6, 6.07) is 5.65. The molecule has 0 unspecified atom stereocenters. The molecule has 0 atom stereocenters. The van der Waals surface area contributed by atoms with Gasteiger partial charge in [0, 0.05) is 46.2 Å². The molecular weight excluding hydrogens is 314 g/mol. The van der Waals surface area contributed by atoms with Gasteiger partial charge < -0.3 is 14.7 Å². The second kappa shape index (κ2) is 6.79. The van der Waals surface area contributed by atoms with Gasteiger partial charge in [-0.05, 0) is 25.0 Å². The highest BCUT2D eigenvalue weighted by atomic mass is 35.5. The monoisotopic (exact) mass is 335 g/mol. The molecule has 2 fully saturated rings. The van der Waals surface area contributed by atoms with Gasteiger partial charge in [0.05, 0.1) is 16.3 Å². The average Bonchev–Trinajstić information content (AvgIpc) is 3.09. The first-order valence-corrected chi connectivity index (χ1v) is 8.54. The summed E-state index contributed by atoms with van der Waals surface area (Å²) in [7, 11) is 0. The molecule has 0 aliphatic carbocycles. The third-order valence-corrected chi connectivity index (χ3v) is 5.06. The van der Waals surface area contributed by atoms with Gasteiger partial charge in [-0.25, -0.2) is 0 Å². The topological polar surface area (TPSA) is 43.9 Å². The van der Waals surface area contributed by atoms with Gasteiger partial charge in [-0.15, -0.1) is 0 Å². The number of anilines is 1. The normalized spacial score (nSPS) is 18.4. The average molecular weight is 336 g/mol. The number of halogens is 1. The van der Waals surface area contributed by atoms with Crippen molar-refractivity contribution in [3.63, 3.8) is 0 Å². The fourth-order valence-electron chi connectivity index (χ4n) is 3.28. The van der Waals surface area contributed by atoms with Gasteiger partial charge in [-0.1, -0.05) is 17.7 Å². The van der Waals surface area contributed by atoms with Crippen LogP contribution in [0, 0.1) is 0 Å². The third-order valence-electron chi connectivity index (χ3n) is 4.67. The molecule has 3 rings (SSSR count). The third kappa shape index (κ3) is 3.29. The molecule has 0 N–H and O–H groups in total. The lowest BCUT2D eigenvalue weighted by atomic mass is 10.1. The molecule has 2 heterocycles. The summed E-state index contributed by atoms with van der Waals surface area (Å²) in [5, 5.41) is 0.528. The summed E-state index contributed by atoms with van der Waals surface area (Å²) in [6.45, 7) is 6.08. The van der Waals surface area contributed by atoms with Gasteiger partial charge in [0.15, 0.2) is 0 Å². The summed E-state index contributed by atoms with van der Waals surface area (Å²) in [5.74, 6) is 0.130. The van der Waals surface area contributed by atoms with Crippen LogP contribution in [-0.2, 0) is 4.79 Å². The van der Waals surface area contributed by atoms with Crippen molar-refractivity contribution in [2.24, 2.45) is 0 Å². The zero-order valence-electron chi connectivity index (χ0n) is 13.4. The van der Waals surface area contributed by atoms with Crippen molar-refractivity contribution in [1.29, 1.82) is 0 Å². The first-order valence-electron chi connectivity index (χ1n) is 8.16. The minimum atomic E-state index is 0.0247.